The van der Waals surface area contributed by atoms with Crippen LogP contribution in [-0.2, 0) is 17.5 Å². The van der Waals surface area contributed by atoms with Gasteiger partial charge in [-0.25, -0.2) is 19.9 Å². The van der Waals surface area contributed by atoms with E-state index in [0.717, 1.165) is 25.4 Å². The molecular weight excluding hydrogens is 507 g/mol. The normalized spacial score (nSPS) is 18.8. The van der Waals surface area contributed by atoms with Crippen LogP contribution in [0.4, 0.5) is 24.7 Å². The molecule has 192 valence electrons. The van der Waals surface area contributed by atoms with Gasteiger partial charge in [0.1, 0.15) is 17.0 Å². The summed E-state index contributed by atoms with van der Waals surface area (Å²) >= 11 is 6.34. The minimum absolute atomic E-state index is 0.0691. The molecule has 1 aliphatic rings. The molecule has 1 saturated heterocycles. The molecule has 0 aromatic carbocycles. The van der Waals surface area contributed by atoms with Gasteiger partial charge in [-0.1, -0.05) is 11.6 Å². The summed E-state index contributed by atoms with van der Waals surface area (Å²) in [5, 5.41) is 3.54. The Balaban J connectivity index is 1.54. The Kier molecular flexibility index (Phi) is 6.93. The smallest absolute Gasteiger partial charge is 0.373 e. The molecule has 1 fully saturated rings. The first-order valence-corrected chi connectivity index (χ1v) is 12.0. The van der Waals surface area contributed by atoms with E-state index in [1.807, 2.05) is 19.9 Å². The van der Waals surface area contributed by atoms with Crippen LogP contribution in [0.5, 0.6) is 0 Å². The van der Waals surface area contributed by atoms with Crippen molar-refractivity contribution in [1.82, 2.24) is 29.8 Å². The average molecular weight is 530 g/mol. The van der Waals surface area contributed by atoms with E-state index in [-0.39, 0.29) is 12.2 Å². The maximum atomic E-state index is 12.9. The molecular formula is C25H23ClF3N7O. The van der Waals surface area contributed by atoms with Gasteiger partial charge in [0.15, 0.2) is 5.82 Å². The Morgan fingerprint density at radius 1 is 1.05 bits per heavy atom. The molecule has 5 heterocycles. The van der Waals surface area contributed by atoms with Crippen LogP contribution in [0.3, 0.4) is 0 Å². The van der Waals surface area contributed by atoms with Crippen molar-refractivity contribution in [2.75, 3.05) is 18.4 Å². The molecule has 0 unspecified atom stereocenters. The van der Waals surface area contributed by atoms with Crippen LogP contribution in [0.25, 0.3) is 22.3 Å². The lowest BCUT2D eigenvalue weighted by Crippen LogP contribution is -2.45. The molecule has 12 heteroatoms. The SMILES string of the molecule is C[C@@H]1CN(Cc2nc(Nc3ccc(C(F)(F)F)nc3)c3ncc(-c4ncccc4Cl)cc3n2)C[C@H](C)O1. The zero-order valence-electron chi connectivity index (χ0n) is 20.0. The van der Waals surface area contributed by atoms with Gasteiger partial charge in [-0.05, 0) is 44.2 Å². The lowest BCUT2D eigenvalue weighted by Gasteiger charge is -2.34. The van der Waals surface area contributed by atoms with Crippen LogP contribution in [0.15, 0.2) is 48.9 Å². The first kappa shape index (κ1) is 25.2. The highest BCUT2D eigenvalue weighted by Gasteiger charge is 2.32. The molecule has 4 aromatic heterocycles. The largest absolute Gasteiger partial charge is 0.433 e. The number of morpholine rings is 1. The van der Waals surface area contributed by atoms with Gasteiger partial charge in [-0.2, -0.15) is 13.2 Å². The molecule has 1 aliphatic heterocycles. The lowest BCUT2D eigenvalue weighted by atomic mass is 10.1. The van der Waals surface area contributed by atoms with Crippen LogP contribution >= 0.6 is 11.6 Å². The van der Waals surface area contributed by atoms with Crippen molar-refractivity contribution < 1.29 is 17.9 Å². The highest BCUT2D eigenvalue weighted by molar-refractivity contribution is 6.33. The average Bonchev–Trinajstić information content (AvgIpc) is 2.83. The van der Waals surface area contributed by atoms with E-state index >= 15 is 0 Å². The Morgan fingerprint density at radius 3 is 2.51 bits per heavy atom. The second-order valence-electron chi connectivity index (χ2n) is 8.92. The number of pyridine rings is 3. The number of anilines is 2. The van der Waals surface area contributed by atoms with E-state index in [4.69, 9.17) is 21.3 Å². The summed E-state index contributed by atoms with van der Waals surface area (Å²) in [5.74, 6) is 0.886. The van der Waals surface area contributed by atoms with Crippen molar-refractivity contribution >= 4 is 34.1 Å². The van der Waals surface area contributed by atoms with Gasteiger partial charge < -0.3 is 10.1 Å². The minimum Gasteiger partial charge on any atom is -0.373 e. The second kappa shape index (κ2) is 10.2. The van der Waals surface area contributed by atoms with E-state index in [2.05, 4.69) is 30.2 Å². The molecule has 0 saturated carbocycles. The van der Waals surface area contributed by atoms with E-state index in [1.54, 1.807) is 24.5 Å². The zero-order chi connectivity index (χ0) is 26.2. The number of halogens is 4. The van der Waals surface area contributed by atoms with Crippen molar-refractivity contribution in [3.8, 4) is 11.3 Å². The molecule has 5 rings (SSSR count). The van der Waals surface area contributed by atoms with Crippen LogP contribution in [0.1, 0.15) is 25.4 Å². The summed E-state index contributed by atoms with van der Waals surface area (Å²) in [4.78, 5) is 24.1. The predicted octanol–water partition coefficient (Wildman–Crippen LogP) is 5.51. The van der Waals surface area contributed by atoms with Crippen molar-refractivity contribution in [3.05, 3.63) is 65.5 Å². The maximum absolute atomic E-state index is 12.9. The minimum atomic E-state index is -4.52. The monoisotopic (exact) mass is 529 g/mol. The van der Waals surface area contributed by atoms with Gasteiger partial charge in [-0.3, -0.25) is 9.88 Å². The van der Waals surface area contributed by atoms with Crippen molar-refractivity contribution in [2.45, 2.75) is 38.8 Å². The Morgan fingerprint density at radius 2 is 1.84 bits per heavy atom. The van der Waals surface area contributed by atoms with Crippen LogP contribution in [0, 0.1) is 0 Å². The van der Waals surface area contributed by atoms with Crippen molar-refractivity contribution in [2.24, 2.45) is 0 Å². The predicted molar refractivity (Wildman–Crippen MR) is 133 cm³/mol. The number of hydrogen-bond acceptors (Lipinski definition) is 8. The quantitative estimate of drug-likeness (QED) is 0.362. The Labute approximate surface area is 215 Å². The van der Waals surface area contributed by atoms with E-state index in [0.29, 0.717) is 51.2 Å². The number of nitrogens with zero attached hydrogens (tertiary/aromatic N) is 6. The van der Waals surface area contributed by atoms with Crippen LogP contribution in [0.2, 0.25) is 5.02 Å². The molecule has 4 aromatic rings. The van der Waals surface area contributed by atoms with Gasteiger partial charge in [-0.15, -0.1) is 0 Å². The molecule has 37 heavy (non-hydrogen) atoms. The maximum Gasteiger partial charge on any atom is 0.433 e. The fourth-order valence-electron chi connectivity index (χ4n) is 4.34. The van der Waals surface area contributed by atoms with Gasteiger partial charge in [0.2, 0.25) is 0 Å². The first-order valence-electron chi connectivity index (χ1n) is 11.6. The lowest BCUT2D eigenvalue weighted by molar-refractivity contribution is -0.141. The molecule has 0 bridgehead atoms. The third-order valence-electron chi connectivity index (χ3n) is 5.79. The first-order chi connectivity index (χ1) is 17.7. The summed E-state index contributed by atoms with van der Waals surface area (Å²) in [6.07, 6.45) is -0.0171. The summed E-state index contributed by atoms with van der Waals surface area (Å²) in [5.41, 5.74) is 1.60. The molecule has 1 N–H and O–H groups in total. The molecule has 0 aliphatic carbocycles. The van der Waals surface area contributed by atoms with Crippen LogP contribution in [-0.4, -0.2) is 55.1 Å². The van der Waals surface area contributed by atoms with Gasteiger partial charge in [0.05, 0.1) is 46.9 Å². The summed E-state index contributed by atoms with van der Waals surface area (Å²) < 4.78 is 44.7. The topological polar surface area (TPSA) is 89.0 Å². The van der Waals surface area contributed by atoms with Crippen molar-refractivity contribution in [1.29, 1.82) is 0 Å². The van der Waals surface area contributed by atoms with Crippen LogP contribution < -0.4 is 5.32 Å². The van der Waals surface area contributed by atoms with Gasteiger partial charge in [0, 0.05) is 31.0 Å². The molecule has 0 radical (unpaired) electrons. The number of ether oxygens (including phenoxy) is 1. The van der Waals surface area contributed by atoms with E-state index in [9.17, 15) is 13.2 Å². The summed E-state index contributed by atoms with van der Waals surface area (Å²) in [7, 11) is 0. The molecule has 0 spiro atoms. The summed E-state index contributed by atoms with van der Waals surface area (Å²) in [6, 6.07) is 7.52. The van der Waals surface area contributed by atoms with Gasteiger partial charge >= 0.3 is 6.18 Å². The molecule has 2 atom stereocenters. The summed E-state index contributed by atoms with van der Waals surface area (Å²) in [6.45, 7) is 5.93. The number of rotatable bonds is 5. The van der Waals surface area contributed by atoms with Crippen molar-refractivity contribution in [3.63, 3.8) is 0 Å². The number of alkyl halides is 3. The third kappa shape index (κ3) is 5.79. The standard InChI is InChI=1S/C25H23ClF3N7O/c1-14-11-36(12-15(2)37-14)13-21-34-19-8-16(22-18(26)4-3-7-30-22)9-32-23(19)24(35-21)33-17-5-6-20(31-10-17)25(27,28)29/h3-10,14-15H,11-13H2,1-2H3,(H,33,34,35)/t14-,15+. The van der Waals surface area contributed by atoms with E-state index in [1.165, 1.54) is 6.07 Å². The fraction of sp³-hybridized carbons (Fsp3) is 0.320. The third-order valence-corrected chi connectivity index (χ3v) is 6.10. The number of nitrogens with one attached hydrogen (secondary N) is 1. The highest BCUT2D eigenvalue weighted by Crippen LogP contribution is 2.31. The molecule has 0 amide bonds. The Bertz CT molecular complexity index is 1410. The van der Waals surface area contributed by atoms with E-state index < -0.39 is 11.9 Å². The highest BCUT2D eigenvalue weighted by atomic mass is 35.5. The fourth-order valence-corrected chi connectivity index (χ4v) is 4.57. The Hall–Kier alpha value is -3.41. The number of aromatic nitrogens is 5. The van der Waals surface area contributed by atoms with Gasteiger partial charge in [0.25, 0.3) is 0 Å². The molecule has 8 nitrogen and oxygen atoms in total. The zero-order valence-corrected chi connectivity index (χ0v) is 20.8. The number of fused-ring (bicyclic) bond motifs is 1. The second-order valence-corrected chi connectivity index (χ2v) is 9.33. The number of hydrogen-bond donors (Lipinski definition) is 1.